The van der Waals surface area contributed by atoms with Gasteiger partial charge < -0.3 is 5.73 Å². The van der Waals surface area contributed by atoms with Crippen molar-refractivity contribution < 1.29 is 8.42 Å². The van der Waals surface area contributed by atoms with Gasteiger partial charge in [-0.15, -0.1) is 0 Å². The molecule has 0 aliphatic rings. The van der Waals surface area contributed by atoms with Gasteiger partial charge in [-0.05, 0) is 37.3 Å². The van der Waals surface area contributed by atoms with Gasteiger partial charge in [-0.2, -0.15) is 16.1 Å². The fourth-order valence-electron chi connectivity index (χ4n) is 1.97. The third-order valence-electron chi connectivity index (χ3n) is 3.30. The summed E-state index contributed by atoms with van der Waals surface area (Å²) in [4.78, 5) is 0.224. The Morgan fingerprint density at radius 1 is 1.45 bits per heavy atom. The summed E-state index contributed by atoms with van der Waals surface area (Å²) in [5.41, 5.74) is 6.62. The smallest absolute Gasteiger partial charge is 0.243 e. The summed E-state index contributed by atoms with van der Waals surface area (Å²) in [7, 11) is -1.95. The molecule has 7 heteroatoms. The van der Waals surface area contributed by atoms with E-state index in [1.54, 1.807) is 31.8 Å². The van der Waals surface area contributed by atoms with E-state index in [2.05, 4.69) is 0 Å². The molecule has 4 nitrogen and oxygen atoms in total. The van der Waals surface area contributed by atoms with Crippen LogP contribution in [0.2, 0.25) is 5.02 Å². The molecule has 0 aromatic heterocycles. The minimum atomic E-state index is -3.56. The molecule has 0 radical (unpaired) electrons. The number of sulfonamides is 1. The lowest BCUT2D eigenvalue weighted by Crippen LogP contribution is -2.38. The van der Waals surface area contributed by atoms with Crippen LogP contribution in [0.5, 0.6) is 0 Å². The molecular weight excluding hydrogens is 316 g/mol. The fourth-order valence-corrected chi connectivity index (χ4v) is 4.79. The molecule has 0 heterocycles. The second-order valence-electron chi connectivity index (χ2n) is 4.68. The van der Waals surface area contributed by atoms with Gasteiger partial charge in [0.05, 0.1) is 15.6 Å². The van der Waals surface area contributed by atoms with Crippen molar-refractivity contribution in [1.29, 1.82) is 0 Å². The summed E-state index contributed by atoms with van der Waals surface area (Å²) in [5.74, 6) is 0.758. The minimum Gasteiger partial charge on any atom is -0.397 e. The quantitative estimate of drug-likeness (QED) is 0.811. The van der Waals surface area contributed by atoms with Crippen LogP contribution in [0.15, 0.2) is 17.0 Å². The van der Waals surface area contributed by atoms with Crippen molar-refractivity contribution in [3.63, 3.8) is 0 Å². The zero-order valence-corrected chi connectivity index (χ0v) is 14.6. The molecule has 1 unspecified atom stereocenters. The Labute approximate surface area is 130 Å². The molecule has 114 valence electrons. The third-order valence-corrected chi connectivity index (χ3v) is 6.39. The van der Waals surface area contributed by atoms with Crippen LogP contribution in [0.25, 0.3) is 0 Å². The number of anilines is 1. The molecule has 1 rings (SSSR count). The first-order valence-electron chi connectivity index (χ1n) is 6.28. The van der Waals surface area contributed by atoms with Gasteiger partial charge in [-0.3, -0.25) is 0 Å². The van der Waals surface area contributed by atoms with Crippen LogP contribution in [-0.2, 0) is 10.0 Å². The van der Waals surface area contributed by atoms with Crippen LogP contribution in [-0.4, -0.2) is 37.8 Å². The molecule has 20 heavy (non-hydrogen) atoms. The molecule has 1 aromatic carbocycles. The number of hydrogen-bond acceptors (Lipinski definition) is 4. The number of thioether (sulfide) groups is 1. The number of nitrogens with zero attached hydrogens (tertiary/aromatic N) is 1. The molecule has 0 saturated heterocycles. The number of nitrogen functional groups attached to an aromatic ring is 1. The van der Waals surface area contributed by atoms with Crippen LogP contribution in [0.4, 0.5) is 5.69 Å². The maximum Gasteiger partial charge on any atom is 0.243 e. The molecule has 2 N–H and O–H groups in total. The van der Waals surface area contributed by atoms with Gasteiger partial charge >= 0.3 is 0 Å². The van der Waals surface area contributed by atoms with Crippen molar-refractivity contribution in [2.75, 3.05) is 24.8 Å². The van der Waals surface area contributed by atoms with E-state index in [0.29, 0.717) is 10.6 Å². The van der Waals surface area contributed by atoms with Crippen LogP contribution in [0.1, 0.15) is 18.9 Å². The van der Waals surface area contributed by atoms with Gasteiger partial charge in [0.2, 0.25) is 10.0 Å². The van der Waals surface area contributed by atoms with Crippen molar-refractivity contribution in [2.24, 2.45) is 0 Å². The molecule has 0 fully saturated rings. The Bertz CT molecular complexity index is 576. The predicted molar refractivity (Wildman–Crippen MR) is 88.0 cm³/mol. The first kappa shape index (κ1) is 17.6. The van der Waals surface area contributed by atoms with Gasteiger partial charge in [0, 0.05) is 18.8 Å². The third kappa shape index (κ3) is 3.61. The Morgan fingerprint density at radius 2 is 2.05 bits per heavy atom. The maximum absolute atomic E-state index is 12.7. The summed E-state index contributed by atoms with van der Waals surface area (Å²) in [6.07, 6.45) is 2.73. The minimum absolute atomic E-state index is 0.0358. The van der Waals surface area contributed by atoms with Crippen molar-refractivity contribution in [3.8, 4) is 0 Å². The maximum atomic E-state index is 12.7. The van der Waals surface area contributed by atoms with E-state index in [0.717, 1.165) is 12.2 Å². The number of rotatable bonds is 6. The summed E-state index contributed by atoms with van der Waals surface area (Å²) in [6, 6.07) is 2.99. The lowest BCUT2D eigenvalue weighted by Gasteiger charge is -2.26. The number of benzene rings is 1. The van der Waals surface area contributed by atoms with Crippen LogP contribution >= 0.6 is 23.4 Å². The molecule has 0 bridgehead atoms. The Hall–Kier alpha value is -0.430. The topological polar surface area (TPSA) is 63.4 Å². The number of nitrogens with two attached hydrogens (primary N) is 1. The van der Waals surface area contributed by atoms with Gasteiger partial charge in [-0.1, -0.05) is 18.5 Å². The van der Waals surface area contributed by atoms with E-state index >= 15 is 0 Å². The summed E-state index contributed by atoms with van der Waals surface area (Å²) in [6.45, 7) is 3.71. The lowest BCUT2D eigenvalue weighted by molar-refractivity contribution is 0.385. The van der Waals surface area contributed by atoms with E-state index in [9.17, 15) is 8.42 Å². The van der Waals surface area contributed by atoms with Gasteiger partial charge in [0.1, 0.15) is 0 Å². The zero-order chi connectivity index (χ0) is 15.5. The average Bonchev–Trinajstić information content (AvgIpc) is 2.39. The number of aryl methyl sites for hydroxylation is 1. The van der Waals surface area contributed by atoms with E-state index in [-0.39, 0.29) is 16.6 Å². The molecule has 0 amide bonds. The molecule has 0 aliphatic heterocycles. The van der Waals surface area contributed by atoms with Crippen LogP contribution < -0.4 is 5.73 Å². The van der Waals surface area contributed by atoms with Crippen molar-refractivity contribution in [3.05, 3.63) is 22.7 Å². The zero-order valence-electron chi connectivity index (χ0n) is 12.2. The SMILES string of the molecule is CCC(CSC)N(C)S(=O)(=O)c1cc(N)c(Cl)cc1C. The molecule has 0 saturated carbocycles. The first-order valence-corrected chi connectivity index (χ1v) is 9.49. The van der Waals surface area contributed by atoms with E-state index in [4.69, 9.17) is 17.3 Å². The molecule has 1 aromatic rings. The van der Waals surface area contributed by atoms with Gasteiger partial charge in [0.15, 0.2) is 0 Å². The normalized spacial score (nSPS) is 13.7. The highest BCUT2D eigenvalue weighted by atomic mass is 35.5. The van der Waals surface area contributed by atoms with Crippen molar-refractivity contribution in [1.82, 2.24) is 4.31 Å². The molecule has 0 spiro atoms. The van der Waals surface area contributed by atoms with E-state index in [1.807, 2.05) is 13.2 Å². The standard InChI is InChI=1S/C13H21ClN2O2S2/c1-5-10(8-19-4)16(3)20(17,18)13-7-12(15)11(14)6-9(13)2/h6-7,10H,5,8,15H2,1-4H3. The summed E-state index contributed by atoms with van der Waals surface area (Å²) in [5, 5.41) is 0.375. The van der Waals surface area contributed by atoms with Gasteiger partial charge in [-0.25, -0.2) is 8.42 Å². The van der Waals surface area contributed by atoms with E-state index in [1.165, 1.54) is 10.4 Å². The lowest BCUT2D eigenvalue weighted by atomic mass is 10.2. The summed E-state index contributed by atoms with van der Waals surface area (Å²) >= 11 is 7.55. The Kier molecular flexibility index (Phi) is 6.19. The molecule has 1 atom stereocenters. The average molecular weight is 337 g/mol. The number of hydrogen-bond donors (Lipinski definition) is 1. The highest BCUT2D eigenvalue weighted by molar-refractivity contribution is 7.98. The van der Waals surface area contributed by atoms with Crippen molar-refractivity contribution in [2.45, 2.75) is 31.2 Å². The Morgan fingerprint density at radius 3 is 2.55 bits per heavy atom. The summed E-state index contributed by atoms with van der Waals surface area (Å²) < 4.78 is 26.8. The molecule has 0 aliphatic carbocycles. The second kappa shape index (κ2) is 7.02. The highest BCUT2D eigenvalue weighted by Crippen LogP contribution is 2.29. The van der Waals surface area contributed by atoms with Crippen molar-refractivity contribution >= 4 is 39.1 Å². The van der Waals surface area contributed by atoms with Crippen LogP contribution in [0.3, 0.4) is 0 Å². The first-order chi connectivity index (χ1) is 9.25. The molecular formula is C13H21ClN2O2S2. The fraction of sp³-hybridized carbons (Fsp3) is 0.538. The van der Waals surface area contributed by atoms with E-state index < -0.39 is 10.0 Å². The second-order valence-corrected chi connectivity index (χ2v) is 7.96. The number of halogens is 1. The largest absolute Gasteiger partial charge is 0.397 e. The Balaban J connectivity index is 3.26. The predicted octanol–water partition coefficient (Wildman–Crippen LogP) is 2.99. The highest BCUT2D eigenvalue weighted by Gasteiger charge is 2.28. The van der Waals surface area contributed by atoms with Gasteiger partial charge in [0.25, 0.3) is 0 Å². The monoisotopic (exact) mass is 336 g/mol. The van der Waals surface area contributed by atoms with Crippen LogP contribution in [0, 0.1) is 6.92 Å².